The topological polar surface area (TPSA) is 83.4 Å². The zero-order chi connectivity index (χ0) is 26.2. The predicted molar refractivity (Wildman–Crippen MR) is 147 cm³/mol. The monoisotopic (exact) mass is 500 g/mol. The Morgan fingerprint density at radius 2 is 1.81 bits per heavy atom. The molecule has 37 heavy (non-hydrogen) atoms. The van der Waals surface area contributed by atoms with Gasteiger partial charge in [0, 0.05) is 55.9 Å². The second-order valence-electron chi connectivity index (χ2n) is 10.4. The Morgan fingerprint density at radius 3 is 2.41 bits per heavy atom. The lowest BCUT2D eigenvalue weighted by Gasteiger charge is -2.39. The van der Waals surface area contributed by atoms with E-state index in [1.165, 1.54) is 17.2 Å². The standard InChI is InChI=1S/C29H36N6O2/c1-5-24(33-15-17-34(18-16-33)25(36)6-2)21-7-10-23(11-8-21)29(13-14-29)32-28-30-19-22-9-12-26(37)35(20(3)4)27(22)31-28/h6-12,19-20,24H,2,5,13-18H2,1,3-4H3,(H,30,31,32). The summed E-state index contributed by atoms with van der Waals surface area (Å²) in [5.41, 5.74) is 2.95. The van der Waals surface area contributed by atoms with E-state index in [4.69, 9.17) is 4.98 Å². The van der Waals surface area contributed by atoms with Crippen LogP contribution in [-0.4, -0.2) is 56.4 Å². The largest absolute Gasteiger partial charge is 0.345 e. The van der Waals surface area contributed by atoms with Gasteiger partial charge >= 0.3 is 0 Å². The lowest BCUT2D eigenvalue weighted by atomic mass is 9.97. The van der Waals surface area contributed by atoms with Crippen LogP contribution in [0.5, 0.6) is 0 Å². The molecule has 3 aromatic rings. The summed E-state index contributed by atoms with van der Waals surface area (Å²) in [6, 6.07) is 12.6. The highest BCUT2D eigenvalue weighted by molar-refractivity contribution is 5.87. The fourth-order valence-electron chi connectivity index (χ4n) is 5.53. The molecule has 0 spiro atoms. The van der Waals surface area contributed by atoms with Gasteiger partial charge in [0.25, 0.3) is 5.56 Å². The summed E-state index contributed by atoms with van der Waals surface area (Å²) in [7, 11) is 0. The van der Waals surface area contributed by atoms with Crippen molar-refractivity contribution in [3.8, 4) is 0 Å². The van der Waals surface area contributed by atoms with E-state index in [1.54, 1.807) is 22.9 Å². The molecule has 5 rings (SSSR count). The van der Waals surface area contributed by atoms with E-state index in [9.17, 15) is 9.59 Å². The number of nitrogens with zero attached hydrogens (tertiary/aromatic N) is 5. The van der Waals surface area contributed by atoms with Crippen molar-refractivity contribution in [2.45, 2.75) is 57.7 Å². The van der Waals surface area contributed by atoms with Crippen molar-refractivity contribution in [3.05, 3.63) is 76.7 Å². The molecule has 8 nitrogen and oxygen atoms in total. The van der Waals surface area contributed by atoms with Gasteiger partial charge in [0.15, 0.2) is 0 Å². The zero-order valence-corrected chi connectivity index (χ0v) is 22.0. The molecule has 1 aromatic carbocycles. The highest BCUT2D eigenvalue weighted by Crippen LogP contribution is 2.48. The third-order valence-electron chi connectivity index (χ3n) is 7.76. The summed E-state index contributed by atoms with van der Waals surface area (Å²) in [6.07, 6.45) is 6.22. The molecule has 0 bridgehead atoms. The van der Waals surface area contributed by atoms with Crippen LogP contribution in [0.4, 0.5) is 5.95 Å². The quantitative estimate of drug-likeness (QED) is 0.466. The van der Waals surface area contributed by atoms with Crippen molar-refractivity contribution in [1.29, 1.82) is 0 Å². The van der Waals surface area contributed by atoms with E-state index < -0.39 is 0 Å². The molecule has 1 amide bonds. The number of rotatable bonds is 8. The summed E-state index contributed by atoms with van der Waals surface area (Å²) >= 11 is 0. The van der Waals surface area contributed by atoms with Crippen molar-refractivity contribution >= 4 is 22.9 Å². The van der Waals surface area contributed by atoms with Crippen LogP contribution in [0, 0.1) is 0 Å². The zero-order valence-electron chi connectivity index (χ0n) is 22.0. The Bertz CT molecular complexity index is 1350. The number of carbonyl (C=O) groups excluding carboxylic acids is 1. The molecule has 1 atom stereocenters. The van der Waals surface area contributed by atoms with Crippen molar-refractivity contribution in [2.75, 3.05) is 31.5 Å². The molecule has 2 aromatic heterocycles. The van der Waals surface area contributed by atoms with Crippen LogP contribution in [0.2, 0.25) is 0 Å². The van der Waals surface area contributed by atoms with Gasteiger partial charge in [0.1, 0.15) is 5.65 Å². The van der Waals surface area contributed by atoms with Crippen molar-refractivity contribution < 1.29 is 4.79 Å². The average Bonchev–Trinajstić information content (AvgIpc) is 3.69. The van der Waals surface area contributed by atoms with E-state index in [1.807, 2.05) is 18.7 Å². The number of benzene rings is 1. The fraction of sp³-hybridized carbons (Fsp3) is 0.448. The van der Waals surface area contributed by atoms with Gasteiger partial charge in [-0.2, -0.15) is 4.98 Å². The SMILES string of the molecule is C=CC(=O)N1CCN(C(CC)c2ccc(C3(Nc4ncc5ccc(=O)n(C(C)C)c5n4)CC3)cc2)CC1. The van der Waals surface area contributed by atoms with E-state index in [2.05, 4.69) is 53.0 Å². The number of hydrogen-bond acceptors (Lipinski definition) is 6. The second kappa shape index (κ2) is 10.1. The number of anilines is 1. The fourth-order valence-corrected chi connectivity index (χ4v) is 5.53. The minimum absolute atomic E-state index is 0.0124. The molecular formula is C29H36N6O2. The molecule has 0 radical (unpaired) electrons. The highest BCUT2D eigenvalue weighted by atomic mass is 16.2. The van der Waals surface area contributed by atoms with Crippen LogP contribution in [-0.2, 0) is 10.3 Å². The Kier molecular flexibility index (Phi) is 6.86. The summed E-state index contributed by atoms with van der Waals surface area (Å²) < 4.78 is 1.72. The van der Waals surface area contributed by atoms with Crippen LogP contribution in [0.25, 0.3) is 11.0 Å². The maximum absolute atomic E-state index is 12.4. The Hall–Kier alpha value is -3.52. The normalized spacial score (nSPS) is 18.1. The minimum atomic E-state index is -0.178. The number of nitrogens with one attached hydrogen (secondary N) is 1. The Morgan fingerprint density at radius 1 is 1.11 bits per heavy atom. The molecule has 1 aliphatic heterocycles. The van der Waals surface area contributed by atoms with Gasteiger partial charge in [-0.3, -0.25) is 19.1 Å². The molecule has 1 N–H and O–H groups in total. The van der Waals surface area contributed by atoms with E-state index in [-0.39, 0.29) is 23.0 Å². The molecule has 3 heterocycles. The maximum atomic E-state index is 12.4. The lowest BCUT2D eigenvalue weighted by molar-refractivity contribution is -0.128. The molecule has 2 aliphatic rings. The third-order valence-corrected chi connectivity index (χ3v) is 7.76. The number of fused-ring (bicyclic) bond motifs is 1. The number of hydrogen-bond donors (Lipinski definition) is 1. The molecular weight excluding hydrogens is 464 g/mol. The van der Waals surface area contributed by atoms with Crippen LogP contribution >= 0.6 is 0 Å². The predicted octanol–water partition coefficient (Wildman–Crippen LogP) is 4.25. The van der Waals surface area contributed by atoms with E-state index >= 15 is 0 Å². The summed E-state index contributed by atoms with van der Waals surface area (Å²) in [5, 5.41) is 4.43. The van der Waals surface area contributed by atoms with Gasteiger partial charge < -0.3 is 10.2 Å². The number of amides is 1. The first kappa shape index (κ1) is 25.1. The molecule has 8 heteroatoms. The Labute approximate surface area is 218 Å². The van der Waals surface area contributed by atoms with Crippen LogP contribution in [0.1, 0.15) is 63.2 Å². The summed E-state index contributed by atoms with van der Waals surface area (Å²) in [4.78, 5) is 38.0. The molecule has 194 valence electrons. The summed E-state index contributed by atoms with van der Waals surface area (Å²) in [6.45, 7) is 13.0. The molecule has 1 unspecified atom stereocenters. The van der Waals surface area contributed by atoms with Crippen molar-refractivity contribution in [1.82, 2.24) is 24.3 Å². The van der Waals surface area contributed by atoms with Crippen molar-refractivity contribution in [2.24, 2.45) is 0 Å². The van der Waals surface area contributed by atoms with Gasteiger partial charge in [0.05, 0.1) is 5.54 Å². The van der Waals surface area contributed by atoms with Crippen molar-refractivity contribution in [3.63, 3.8) is 0 Å². The second-order valence-corrected chi connectivity index (χ2v) is 10.4. The number of piperazine rings is 1. The smallest absolute Gasteiger partial charge is 0.252 e. The molecule has 1 aliphatic carbocycles. The molecule has 1 saturated carbocycles. The Balaban J connectivity index is 1.32. The third kappa shape index (κ3) is 4.90. The first-order valence-electron chi connectivity index (χ1n) is 13.3. The molecule has 2 fully saturated rings. The highest BCUT2D eigenvalue weighted by Gasteiger charge is 2.45. The maximum Gasteiger partial charge on any atom is 0.252 e. The first-order chi connectivity index (χ1) is 17.8. The van der Waals surface area contributed by atoms with E-state index in [0.29, 0.717) is 17.6 Å². The van der Waals surface area contributed by atoms with Gasteiger partial charge in [-0.15, -0.1) is 0 Å². The number of pyridine rings is 1. The van der Waals surface area contributed by atoms with Gasteiger partial charge in [-0.05, 0) is 56.4 Å². The van der Waals surface area contributed by atoms with Gasteiger partial charge in [0.2, 0.25) is 11.9 Å². The van der Waals surface area contributed by atoms with Gasteiger partial charge in [-0.1, -0.05) is 37.8 Å². The van der Waals surface area contributed by atoms with Crippen LogP contribution < -0.4 is 10.9 Å². The number of carbonyl (C=O) groups is 1. The molecule has 1 saturated heterocycles. The van der Waals surface area contributed by atoms with Crippen LogP contribution in [0.3, 0.4) is 0 Å². The summed E-state index contributed by atoms with van der Waals surface area (Å²) in [5.74, 6) is 0.564. The minimum Gasteiger partial charge on any atom is -0.345 e. The number of aromatic nitrogens is 3. The van der Waals surface area contributed by atoms with Crippen LogP contribution in [0.15, 0.2) is 60.0 Å². The lowest BCUT2D eigenvalue weighted by Crippen LogP contribution is -2.49. The first-order valence-corrected chi connectivity index (χ1v) is 13.3. The average molecular weight is 501 g/mol. The van der Waals surface area contributed by atoms with E-state index in [0.717, 1.165) is 50.8 Å². The van der Waals surface area contributed by atoms with Gasteiger partial charge in [-0.25, -0.2) is 4.98 Å².